The highest BCUT2D eigenvalue weighted by molar-refractivity contribution is 5.79. The number of guanidine groups is 1. The van der Waals surface area contributed by atoms with Crippen molar-refractivity contribution < 1.29 is 4.74 Å². The summed E-state index contributed by atoms with van der Waals surface area (Å²) in [6, 6.07) is 11.7. The fraction of sp³-hybridized carbons (Fsp3) is 0.682. The maximum atomic E-state index is 5.73. The van der Waals surface area contributed by atoms with Crippen molar-refractivity contribution in [3.63, 3.8) is 0 Å². The number of nitrogens with zero attached hydrogens (tertiary/aromatic N) is 2. The van der Waals surface area contributed by atoms with Crippen molar-refractivity contribution in [1.82, 2.24) is 15.5 Å². The first-order chi connectivity index (χ1) is 13.3. The third-order valence-corrected chi connectivity index (χ3v) is 5.84. The molecule has 1 aliphatic carbocycles. The summed E-state index contributed by atoms with van der Waals surface area (Å²) in [7, 11) is 1.84. The summed E-state index contributed by atoms with van der Waals surface area (Å²) in [5.74, 6) is 0.898. The quantitative estimate of drug-likeness (QED) is 0.438. The van der Waals surface area contributed by atoms with Gasteiger partial charge < -0.3 is 20.3 Å². The van der Waals surface area contributed by atoms with Crippen molar-refractivity contribution in [3.8, 4) is 0 Å². The van der Waals surface area contributed by atoms with Gasteiger partial charge >= 0.3 is 0 Å². The Morgan fingerprint density at radius 3 is 2.52 bits per heavy atom. The smallest absolute Gasteiger partial charge is 0.191 e. The van der Waals surface area contributed by atoms with Gasteiger partial charge in [0.15, 0.2) is 5.96 Å². The number of aliphatic imine (C=N–C) groups is 1. The molecule has 5 heteroatoms. The summed E-state index contributed by atoms with van der Waals surface area (Å²) in [5.41, 5.74) is 1.21. The Morgan fingerprint density at radius 1 is 1.07 bits per heavy atom. The molecule has 1 heterocycles. The second-order valence-corrected chi connectivity index (χ2v) is 7.78. The molecule has 2 N–H and O–H groups in total. The fourth-order valence-corrected chi connectivity index (χ4v) is 4.25. The number of hydrogen-bond acceptors (Lipinski definition) is 3. The predicted molar refractivity (Wildman–Crippen MR) is 112 cm³/mol. The monoisotopic (exact) mass is 372 g/mol. The molecule has 3 rings (SSSR count). The van der Waals surface area contributed by atoms with Crippen LogP contribution < -0.4 is 10.6 Å². The Balaban J connectivity index is 1.29. The maximum Gasteiger partial charge on any atom is 0.191 e. The predicted octanol–water partition coefficient (Wildman–Crippen LogP) is 3.17. The van der Waals surface area contributed by atoms with E-state index in [1.807, 2.05) is 25.2 Å². The summed E-state index contributed by atoms with van der Waals surface area (Å²) in [5, 5.41) is 6.97. The minimum atomic E-state index is 0.529. The summed E-state index contributed by atoms with van der Waals surface area (Å²) in [6.45, 7) is 4.55. The number of hydrogen-bond donors (Lipinski definition) is 2. The van der Waals surface area contributed by atoms with Gasteiger partial charge in [-0.2, -0.15) is 0 Å². The highest BCUT2D eigenvalue weighted by Crippen LogP contribution is 2.25. The molecule has 0 amide bonds. The number of benzene rings is 1. The molecule has 1 aromatic carbocycles. The minimum Gasteiger partial charge on any atom is -0.375 e. The van der Waals surface area contributed by atoms with E-state index >= 15 is 0 Å². The lowest BCUT2D eigenvalue weighted by Gasteiger charge is -2.39. The van der Waals surface area contributed by atoms with Crippen molar-refractivity contribution in [2.45, 2.75) is 63.6 Å². The molecule has 2 aliphatic rings. The van der Waals surface area contributed by atoms with E-state index in [-0.39, 0.29) is 0 Å². The van der Waals surface area contributed by atoms with E-state index in [0.717, 1.165) is 18.5 Å². The standard InChI is InChI=1S/C22H36N4O/c1-23-22(24-14-17-27-18-19-8-4-2-5-9-19)25-20-12-15-26(16-13-20)21-10-6-3-7-11-21/h2,4-5,8-9,20-21H,3,6-7,10-18H2,1H3,(H2,23,24,25). The van der Waals surface area contributed by atoms with Crippen LogP contribution in [-0.4, -0.2) is 56.2 Å². The summed E-state index contributed by atoms with van der Waals surface area (Å²) >= 11 is 0. The number of rotatable bonds is 7. The molecule has 0 atom stereocenters. The number of piperidine rings is 1. The summed E-state index contributed by atoms with van der Waals surface area (Å²) < 4.78 is 5.73. The number of likely N-dealkylation sites (tertiary alicyclic amines) is 1. The maximum absolute atomic E-state index is 5.73. The number of ether oxygens (including phenoxy) is 1. The lowest BCUT2D eigenvalue weighted by atomic mass is 9.92. The second-order valence-electron chi connectivity index (χ2n) is 7.78. The first-order valence-electron chi connectivity index (χ1n) is 10.7. The van der Waals surface area contributed by atoms with Gasteiger partial charge in [-0.25, -0.2) is 0 Å². The summed E-state index contributed by atoms with van der Waals surface area (Å²) in [6.07, 6.45) is 9.51. The Kier molecular flexibility index (Phi) is 8.43. The molecule has 1 saturated carbocycles. The van der Waals surface area contributed by atoms with Crippen molar-refractivity contribution >= 4 is 5.96 Å². The Hall–Kier alpha value is -1.59. The van der Waals surface area contributed by atoms with Gasteiger partial charge in [-0.05, 0) is 31.2 Å². The molecule has 0 spiro atoms. The molecule has 150 valence electrons. The highest BCUT2D eigenvalue weighted by atomic mass is 16.5. The fourth-order valence-electron chi connectivity index (χ4n) is 4.25. The molecule has 0 radical (unpaired) electrons. The summed E-state index contributed by atoms with van der Waals surface area (Å²) in [4.78, 5) is 7.10. The molecule has 1 aliphatic heterocycles. The minimum absolute atomic E-state index is 0.529. The van der Waals surface area contributed by atoms with Crippen molar-refractivity contribution in [2.24, 2.45) is 4.99 Å². The van der Waals surface area contributed by atoms with Gasteiger partial charge in [0.05, 0.1) is 13.2 Å². The molecular weight excluding hydrogens is 336 g/mol. The Bertz CT molecular complexity index is 549. The van der Waals surface area contributed by atoms with Gasteiger partial charge in [-0.15, -0.1) is 0 Å². The van der Waals surface area contributed by atoms with E-state index in [2.05, 4.69) is 32.7 Å². The Labute approximate surface area is 164 Å². The zero-order valence-electron chi connectivity index (χ0n) is 16.8. The zero-order valence-corrected chi connectivity index (χ0v) is 16.8. The van der Waals surface area contributed by atoms with Crippen molar-refractivity contribution in [1.29, 1.82) is 0 Å². The average molecular weight is 373 g/mol. The van der Waals surface area contributed by atoms with Crippen LogP contribution in [0.1, 0.15) is 50.5 Å². The Morgan fingerprint density at radius 2 is 1.81 bits per heavy atom. The van der Waals surface area contributed by atoms with Crippen LogP contribution >= 0.6 is 0 Å². The molecule has 0 unspecified atom stereocenters. The SMILES string of the molecule is CN=C(NCCOCc1ccccc1)NC1CCN(C2CCCCC2)CC1. The van der Waals surface area contributed by atoms with Crippen molar-refractivity contribution in [2.75, 3.05) is 33.3 Å². The first kappa shape index (κ1) is 20.2. The van der Waals surface area contributed by atoms with E-state index < -0.39 is 0 Å². The van der Waals surface area contributed by atoms with Crippen LogP contribution in [-0.2, 0) is 11.3 Å². The van der Waals surface area contributed by atoms with Crippen LogP contribution in [0, 0.1) is 0 Å². The molecular formula is C22H36N4O. The highest BCUT2D eigenvalue weighted by Gasteiger charge is 2.26. The van der Waals surface area contributed by atoms with Gasteiger partial charge in [-0.3, -0.25) is 4.99 Å². The lowest BCUT2D eigenvalue weighted by Crippen LogP contribution is -2.51. The van der Waals surface area contributed by atoms with Crippen LogP contribution in [0.2, 0.25) is 0 Å². The normalized spacial score (nSPS) is 20.6. The molecule has 0 aromatic heterocycles. The van der Waals surface area contributed by atoms with Crippen LogP contribution in [0.25, 0.3) is 0 Å². The van der Waals surface area contributed by atoms with E-state index in [1.165, 1.54) is 63.6 Å². The first-order valence-corrected chi connectivity index (χ1v) is 10.7. The van der Waals surface area contributed by atoms with Crippen LogP contribution in [0.15, 0.2) is 35.3 Å². The average Bonchev–Trinajstić information content (AvgIpc) is 2.74. The van der Waals surface area contributed by atoms with Gasteiger partial charge in [-0.1, -0.05) is 49.6 Å². The second kappa shape index (κ2) is 11.3. The van der Waals surface area contributed by atoms with E-state index in [4.69, 9.17) is 4.74 Å². The topological polar surface area (TPSA) is 48.9 Å². The van der Waals surface area contributed by atoms with E-state index in [0.29, 0.717) is 19.3 Å². The lowest BCUT2D eigenvalue weighted by molar-refractivity contribution is 0.118. The third kappa shape index (κ3) is 6.82. The molecule has 0 bridgehead atoms. The molecule has 2 fully saturated rings. The van der Waals surface area contributed by atoms with Gasteiger partial charge in [0.2, 0.25) is 0 Å². The molecule has 1 aromatic rings. The third-order valence-electron chi connectivity index (χ3n) is 5.84. The largest absolute Gasteiger partial charge is 0.375 e. The van der Waals surface area contributed by atoms with Crippen LogP contribution in [0.5, 0.6) is 0 Å². The van der Waals surface area contributed by atoms with Crippen LogP contribution in [0.4, 0.5) is 0 Å². The molecule has 5 nitrogen and oxygen atoms in total. The van der Waals surface area contributed by atoms with Gasteiger partial charge in [0.1, 0.15) is 0 Å². The van der Waals surface area contributed by atoms with E-state index in [9.17, 15) is 0 Å². The molecule has 1 saturated heterocycles. The number of nitrogens with one attached hydrogen (secondary N) is 2. The van der Waals surface area contributed by atoms with Gasteiger partial charge in [0.25, 0.3) is 0 Å². The van der Waals surface area contributed by atoms with Crippen molar-refractivity contribution in [3.05, 3.63) is 35.9 Å². The van der Waals surface area contributed by atoms with E-state index in [1.54, 1.807) is 0 Å². The molecule has 27 heavy (non-hydrogen) atoms. The zero-order chi connectivity index (χ0) is 18.7. The van der Waals surface area contributed by atoms with Crippen LogP contribution in [0.3, 0.4) is 0 Å². The van der Waals surface area contributed by atoms with Gasteiger partial charge in [0, 0.05) is 38.8 Å².